The van der Waals surface area contributed by atoms with Crippen molar-refractivity contribution in [3.63, 3.8) is 0 Å². The summed E-state index contributed by atoms with van der Waals surface area (Å²) in [4.78, 5) is 7.44. The van der Waals surface area contributed by atoms with Gasteiger partial charge in [-0.25, -0.2) is 4.99 Å². The van der Waals surface area contributed by atoms with Crippen LogP contribution in [0.15, 0.2) is 9.52 Å². The number of nitrogens with zero attached hydrogens (tertiary/aromatic N) is 3. The van der Waals surface area contributed by atoms with E-state index in [9.17, 15) is 0 Å². The lowest BCUT2D eigenvalue weighted by Gasteiger charge is -2.17. The van der Waals surface area contributed by atoms with Gasteiger partial charge in [0.2, 0.25) is 0 Å². The fourth-order valence-electron chi connectivity index (χ4n) is 3.66. The standard InChI is InChI=1S/C19H33N5O.HI/c1-4-17-16(18(5-2)25-23-17)12-22-19(20-6-3)21-11-14-9-10-24(13-14)15-7-8-15;/h14-15H,4-13H2,1-3H3,(H2,20,21,22);1H. The Hall–Kier alpha value is -0.830. The largest absolute Gasteiger partial charge is 0.361 e. The molecule has 2 aliphatic rings. The topological polar surface area (TPSA) is 65.7 Å². The van der Waals surface area contributed by atoms with Crippen LogP contribution in [0.1, 0.15) is 57.1 Å². The molecular weight excluding hydrogens is 441 g/mol. The average molecular weight is 475 g/mol. The molecule has 2 fully saturated rings. The van der Waals surface area contributed by atoms with Crippen LogP contribution >= 0.6 is 24.0 Å². The number of aryl methyl sites for hydroxylation is 2. The summed E-state index contributed by atoms with van der Waals surface area (Å²) in [5, 5.41) is 11.1. The van der Waals surface area contributed by atoms with E-state index in [-0.39, 0.29) is 24.0 Å². The SMILES string of the molecule is CCNC(=NCc1c(CC)noc1CC)NCC1CCN(C2CC2)C1.I. The highest BCUT2D eigenvalue weighted by molar-refractivity contribution is 14.0. The summed E-state index contributed by atoms with van der Waals surface area (Å²) in [5.41, 5.74) is 2.19. The first-order valence-electron chi connectivity index (χ1n) is 9.97. The van der Waals surface area contributed by atoms with E-state index in [1.807, 2.05) is 0 Å². The molecular formula is C19H34IN5O. The van der Waals surface area contributed by atoms with Gasteiger partial charge in [-0.15, -0.1) is 24.0 Å². The van der Waals surface area contributed by atoms with E-state index >= 15 is 0 Å². The predicted octanol–water partition coefficient (Wildman–Crippen LogP) is 2.96. The number of aromatic nitrogens is 1. The molecule has 6 nitrogen and oxygen atoms in total. The average Bonchev–Trinajstić information content (AvgIpc) is 3.23. The van der Waals surface area contributed by atoms with E-state index in [0.29, 0.717) is 6.54 Å². The zero-order chi connectivity index (χ0) is 17.6. The molecule has 0 amide bonds. The van der Waals surface area contributed by atoms with E-state index in [0.717, 1.165) is 60.9 Å². The van der Waals surface area contributed by atoms with Crippen LogP contribution in [0, 0.1) is 5.92 Å². The summed E-state index contributed by atoms with van der Waals surface area (Å²) >= 11 is 0. The molecule has 2 heterocycles. The van der Waals surface area contributed by atoms with Gasteiger partial charge in [-0.2, -0.15) is 0 Å². The molecule has 7 heteroatoms. The third-order valence-electron chi connectivity index (χ3n) is 5.29. The fourth-order valence-corrected chi connectivity index (χ4v) is 3.66. The zero-order valence-electron chi connectivity index (χ0n) is 16.4. The molecule has 2 N–H and O–H groups in total. The molecule has 3 rings (SSSR count). The van der Waals surface area contributed by atoms with Gasteiger partial charge in [-0.3, -0.25) is 0 Å². The molecule has 1 atom stereocenters. The molecule has 0 bridgehead atoms. The van der Waals surface area contributed by atoms with Gasteiger partial charge in [0.05, 0.1) is 12.2 Å². The van der Waals surface area contributed by atoms with E-state index in [4.69, 9.17) is 9.52 Å². The summed E-state index contributed by atoms with van der Waals surface area (Å²) in [6, 6.07) is 0.889. The van der Waals surface area contributed by atoms with Gasteiger partial charge in [-0.05, 0) is 45.1 Å². The van der Waals surface area contributed by atoms with Gasteiger partial charge in [-0.1, -0.05) is 19.0 Å². The van der Waals surface area contributed by atoms with Crippen molar-refractivity contribution in [1.82, 2.24) is 20.7 Å². The van der Waals surface area contributed by atoms with Crippen LogP contribution in [0.5, 0.6) is 0 Å². The van der Waals surface area contributed by atoms with Crippen molar-refractivity contribution >= 4 is 29.9 Å². The molecule has 1 aromatic heterocycles. The van der Waals surface area contributed by atoms with Crippen molar-refractivity contribution in [2.45, 2.75) is 65.5 Å². The zero-order valence-corrected chi connectivity index (χ0v) is 18.7. The number of rotatable bonds is 8. The quantitative estimate of drug-likeness (QED) is 0.344. The molecule has 1 unspecified atom stereocenters. The number of nitrogens with one attached hydrogen (secondary N) is 2. The van der Waals surface area contributed by atoms with Crippen molar-refractivity contribution in [3.8, 4) is 0 Å². The monoisotopic (exact) mass is 475 g/mol. The molecule has 26 heavy (non-hydrogen) atoms. The van der Waals surface area contributed by atoms with Crippen molar-refractivity contribution in [1.29, 1.82) is 0 Å². The van der Waals surface area contributed by atoms with Gasteiger partial charge in [0, 0.05) is 37.7 Å². The summed E-state index contributed by atoms with van der Waals surface area (Å²) < 4.78 is 5.44. The second-order valence-corrected chi connectivity index (χ2v) is 7.19. The van der Waals surface area contributed by atoms with Crippen molar-refractivity contribution in [2.75, 3.05) is 26.2 Å². The summed E-state index contributed by atoms with van der Waals surface area (Å²) in [6.45, 7) is 11.3. The fraction of sp³-hybridized carbons (Fsp3) is 0.789. The van der Waals surface area contributed by atoms with Gasteiger partial charge in [0.15, 0.2) is 5.96 Å². The van der Waals surface area contributed by atoms with Crippen LogP contribution < -0.4 is 10.6 Å². The van der Waals surface area contributed by atoms with Crippen LogP contribution in [0.3, 0.4) is 0 Å². The lowest BCUT2D eigenvalue weighted by Crippen LogP contribution is -2.40. The van der Waals surface area contributed by atoms with Crippen LogP contribution in [-0.2, 0) is 19.4 Å². The summed E-state index contributed by atoms with van der Waals surface area (Å²) in [7, 11) is 0. The van der Waals surface area contributed by atoms with Gasteiger partial charge < -0.3 is 20.1 Å². The first-order chi connectivity index (χ1) is 12.2. The number of hydrogen-bond acceptors (Lipinski definition) is 4. The Labute approximate surface area is 174 Å². The third kappa shape index (κ3) is 5.58. The molecule has 0 radical (unpaired) electrons. The first-order valence-corrected chi connectivity index (χ1v) is 9.97. The maximum Gasteiger partial charge on any atom is 0.191 e. The Balaban J connectivity index is 0.00000243. The minimum absolute atomic E-state index is 0. The molecule has 0 aromatic carbocycles. The smallest absolute Gasteiger partial charge is 0.191 e. The van der Waals surface area contributed by atoms with Crippen molar-refractivity contribution in [3.05, 3.63) is 17.0 Å². The number of likely N-dealkylation sites (tertiary alicyclic amines) is 1. The second-order valence-electron chi connectivity index (χ2n) is 7.19. The molecule has 148 valence electrons. The Morgan fingerprint density at radius 1 is 1.19 bits per heavy atom. The summed E-state index contributed by atoms with van der Waals surface area (Å²) in [5.74, 6) is 2.60. The lowest BCUT2D eigenvalue weighted by atomic mass is 10.1. The first kappa shape index (κ1) is 21.5. The van der Waals surface area contributed by atoms with Gasteiger partial charge in [0.25, 0.3) is 0 Å². The molecule has 1 saturated heterocycles. The Morgan fingerprint density at radius 3 is 2.65 bits per heavy atom. The van der Waals surface area contributed by atoms with Gasteiger partial charge in [0.1, 0.15) is 5.76 Å². The minimum atomic E-state index is 0. The highest BCUT2D eigenvalue weighted by Gasteiger charge is 2.34. The highest BCUT2D eigenvalue weighted by atomic mass is 127. The van der Waals surface area contributed by atoms with E-state index in [2.05, 4.69) is 41.5 Å². The van der Waals surface area contributed by atoms with Gasteiger partial charge >= 0.3 is 0 Å². The predicted molar refractivity (Wildman–Crippen MR) is 116 cm³/mol. The van der Waals surface area contributed by atoms with E-state index in [1.54, 1.807) is 0 Å². The number of aliphatic imine (C=N–C) groups is 1. The molecule has 1 saturated carbocycles. The lowest BCUT2D eigenvalue weighted by molar-refractivity contribution is 0.314. The number of hydrogen-bond donors (Lipinski definition) is 2. The maximum atomic E-state index is 5.44. The maximum absolute atomic E-state index is 5.44. The Morgan fingerprint density at radius 2 is 2.00 bits per heavy atom. The van der Waals surface area contributed by atoms with Crippen LogP contribution in [-0.4, -0.2) is 48.2 Å². The summed E-state index contributed by atoms with van der Waals surface area (Å²) in [6.07, 6.45) is 5.86. The molecule has 1 aliphatic heterocycles. The molecule has 1 aliphatic carbocycles. The molecule has 0 spiro atoms. The van der Waals surface area contributed by atoms with Crippen molar-refractivity contribution < 1.29 is 4.52 Å². The minimum Gasteiger partial charge on any atom is -0.361 e. The number of halogens is 1. The van der Waals surface area contributed by atoms with Crippen LogP contribution in [0.4, 0.5) is 0 Å². The molecule has 1 aromatic rings. The Kier molecular flexibility index (Phi) is 8.66. The second kappa shape index (κ2) is 10.5. The Bertz CT molecular complexity index is 563. The van der Waals surface area contributed by atoms with Crippen LogP contribution in [0.25, 0.3) is 0 Å². The van der Waals surface area contributed by atoms with Crippen LogP contribution in [0.2, 0.25) is 0 Å². The highest BCUT2D eigenvalue weighted by Crippen LogP contribution is 2.31. The van der Waals surface area contributed by atoms with E-state index < -0.39 is 0 Å². The van der Waals surface area contributed by atoms with Crippen molar-refractivity contribution in [2.24, 2.45) is 10.9 Å². The number of guanidine groups is 1. The third-order valence-corrected chi connectivity index (χ3v) is 5.29. The normalized spacial score (nSPS) is 20.9. The van der Waals surface area contributed by atoms with E-state index in [1.165, 1.54) is 32.4 Å².